The van der Waals surface area contributed by atoms with Gasteiger partial charge < -0.3 is 10.6 Å². The Hall–Kier alpha value is -1.59. The average molecular weight is 337 g/mol. The van der Waals surface area contributed by atoms with Gasteiger partial charge in [0.05, 0.1) is 17.2 Å². The molecule has 0 unspecified atom stereocenters. The third-order valence-corrected chi connectivity index (χ3v) is 4.69. The summed E-state index contributed by atoms with van der Waals surface area (Å²) in [6.45, 7) is 5.60. The molecular weight excluding hydrogens is 316 g/mol. The van der Waals surface area contributed by atoms with Crippen LogP contribution in [0, 0.1) is 0 Å². The Balaban J connectivity index is 1.86. The monoisotopic (exact) mass is 336 g/mol. The van der Waals surface area contributed by atoms with Crippen LogP contribution in [0.3, 0.4) is 0 Å². The molecule has 0 bridgehead atoms. The maximum Gasteiger partial charge on any atom is 0.191 e. The van der Waals surface area contributed by atoms with Crippen molar-refractivity contribution in [2.24, 2.45) is 4.99 Å². The second kappa shape index (κ2) is 8.15. The zero-order valence-electron chi connectivity index (χ0n) is 13.1. The largest absolute Gasteiger partial charge is 0.352 e. The van der Waals surface area contributed by atoms with Crippen LogP contribution in [-0.4, -0.2) is 18.0 Å². The van der Waals surface area contributed by atoms with E-state index in [9.17, 15) is 0 Å². The molecule has 2 aromatic rings. The van der Waals surface area contributed by atoms with E-state index in [1.165, 1.54) is 0 Å². The van der Waals surface area contributed by atoms with Crippen molar-refractivity contribution >= 4 is 28.9 Å². The van der Waals surface area contributed by atoms with E-state index in [4.69, 9.17) is 11.6 Å². The van der Waals surface area contributed by atoms with Gasteiger partial charge in [-0.3, -0.25) is 4.99 Å². The summed E-state index contributed by atoms with van der Waals surface area (Å²) in [6, 6.07) is 7.78. The Labute approximate surface area is 140 Å². The van der Waals surface area contributed by atoms with Crippen LogP contribution in [0.2, 0.25) is 5.02 Å². The molecule has 1 aromatic carbocycles. The molecule has 0 radical (unpaired) electrons. The third kappa shape index (κ3) is 4.71. The van der Waals surface area contributed by atoms with Crippen molar-refractivity contribution in [3.05, 3.63) is 50.9 Å². The van der Waals surface area contributed by atoms with E-state index < -0.39 is 0 Å². The maximum absolute atomic E-state index is 6.15. The van der Waals surface area contributed by atoms with Crippen LogP contribution < -0.4 is 10.6 Å². The smallest absolute Gasteiger partial charge is 0.191 e. The fraction of sp³-hybridized carbons (Fsp3) is 0.375. The normalized spacial score (nSPS) is 11.8. The SMILES string of the molecule is CN=C(NCc1csc(C(C)C)n1)NCc1ccccc1Cl. The average Bonchev–Trinajstić information content (AvgIpc) is 2.98. The third-order valence-electron chi connectivity index (χ3n) is 3.13. The summed E-state index contributed by atoms with van der Waals surface area (Å²) in [5.41, 5.74) is 2.08. The minimum Gasteiger partial charge on any atom is -0.352 e. The molecule has 0 fully saturated rings. The number of nitrogens with one attached hydrogen (secondary N) is 2. The zero-order valence-corrected chi connectivity index (χ0v) is 14.6. The zero-order chi connectivity index (χ0) is 15.9. The van der Waals surface area contributed by atoms with E-state index in [0.29, 0.717) is 19.0 Å². The summed E-state index contributed by atoms with van der Waals surface area (Å²) >= 11 is 7.85. The first-order chi connectivity index (χ1) is 10.6. The Morgan fingerprint density at radius 3 is 2.64 bits per heavy atom. The molecule has 0 spiro atoms. The van der Waals surface area contributed by atoms with Crippen LogP contribution in [0.25, 0.3) is 0 Å². The van der Waals surface area contributed by atoms with Crippen LogP contribution in [0.5, 0.6) is 0 Å². The van der Waals surface area contributed by atoms with Crippen LogP contribution in [0.15, 0.2) is 34.6 Å². The summed E-state index contributed by atoms with van der Waals surface area (Å²) < 4.78 is 0. The van der Waals surface area contributed by atoms with Gasteiger partial charge in [-0.05, 0) is 11.6 Å². The van der Waals surface area contributed by atoms with E-state index in [2.05, 4.69) is 39.8 Å². The van der Waals surface area contributed by atoms with Crippen molar-refractivity contribution in [2.75, 3.05) is 7.05 Å². The Bertz CT molecular complexity index is 637. The molecule has 118 valence electrons. The molecule has 4 nitrogen and oxygen atoms in total. The summed E-state index contributed by atoms with van der Waals surface area (Å²) in [5, 5.41) is 10.5. The number of hydrogen-bond donors (Lipinski definition) is 2. The van der Waals surface area contributed by atoms with Gasteiger partial charge in [0.25, 0.3) is 0 Å². The molecule has 22 heavy (non-hydrogen) atoms. The number of thiazole rings is 1. The highest BCUT2D eigenvalue weighted by atomic mass is 35.5. The van der Waals surface area contributed by atoms with Crippen molar-refractivity contribution in [3.63, 3.8) is 0 Å². The van der Waals surface area contributed by atoms with Crippen molar-refractivity contribution < 1.29 is 0 Å². The first-order valence-electron chi connectivity index (χ1n) is 7.22. The topological polar surface area (TPSA) is 49.3 Å². The lowest BCUT2D eigenvalue weighted by molar-refractivity contribution is 0.783. The molecule has 2 rings (SSSR count). The lowest BCUT2D eigenvalue weighted by Gasteiger charge is -2.11. The van der Waals surface area contributed by atoms with Crippen molar-refractivity contribution in [1.82, 2.24) is 15.6 Å². The van der Waals surface area contributed by atoms with Gasteiger partial charge in [0, 0.05) is 29.9 Å². The van der Waals surface area contributed by atoms with Gasteiger partial charge in [-0.2, -0.15) is 0 Å². The molecule has 0 atom stereocenters. The predicted octanol–water partition coefficient (Wildman–Crippen LogP) is 3.79. The van der Waals surface area contributed by atoms with Crippen LogP contribution in [0.4, 0.5) is 0 Å². The van der Waals surface area contributed by atoms with Crippen molar-refractivity contribution in [1.29, 1.82) is 0 Å². The van der Waals surface area contributed by atoms with Crippen LogP contribution in [-0.2, 0) is 13.1 Å². The van der Waals surface area contributed by atoms with E-state index in [0.717, 1.165) is 27.2 Å². The second-order valence-corrected chi connectivity index (χ2v) is 6.50. The van der Waals surface area contributed by atoms with E-state index in [1.54, 1.807) is 18.4 Å². The number of benzene rings is 1. The first kappa shape index (κ1) is 16.8. The number of aromatic nitrogens is 1. The maximum atomic E-state index is 6.15. The van der Waals surface area contributed by atoms with E-state index >= 15 is 0 Å². The highest BCUT2D eigenvalue weighted by Gasteiger charge is 2.07. The number of aliphatic imine (C=N–C) groups is 1. The molecule has 0 aliphatic carbocycles. The second-order valence-electron chi connectivity index (χ2n) is 5.20. The van der Waals surface area contributed by atoms with Gasteiger partial charge in [-0.25, -0.2) is 4.98 Å². The highest BCUT2D eigenvalue weighted by Crippen LogP contribution is 2.19. The Morgan fingerprint density at radius 1 is 1.27 bits per heavy atom. The molecule has 6 heteroatoms. The van der Waals surface area contributed by atoms with Crippen LogP contribution in [0.1, 0.15) is 36.0 Å². The van der Waals surface area contributed by atoms with Crippen LogP contribution >= 0.6 is 22.9 Å². The van der Waals surface area contributed by atoms with Gasteiger partial charge in [0.15, 0.2) is 5.96 Å². The minimum absolute atomic E-state index is 0.469. The van der Waals surface area contributed by atoms with Gasteiger partial charge in [-0.1, -0.05) is 43.6 Å². The highest BCUT2D eigenvalue weighted by molar-refractivity contribution is 7.09. The van der Waals surface area contributed by atoms with Crippen molar-refractivity contribution in [3.8, 4) is 0 Å². The van der Waals surface area contributed by atoms with Gasteiger partial charge >= 0.3 is 0 Å². The quantitative estimate of drug-likeness (QED) is 0.645. The minimum atomic E-state index is 0.469. The molecule has 0 aliphatic rings. The number of nitrogens with zero attached hydrogens (tertiary/aromatic N) is 2. The lowest BCUT2D eigenvalue weighted by Crippen LogP contribution is -2.36. The summed E-state index contributed by atoms with van der Waals surface area (Å²) in [5.74, 6) is 1.20. The lowest BCUT2D eigenvalue weighted by atomic mass is 10.2. The number of guanidine groups is 1. The number of rotatable bonds is 5. The van der Waals surface area contributed by atoms with Gasteiger partial charge in [0.2, 0.25) is 0 Å². The Kier molecular flexibility index (Phi) is 6.21. The predicted molar refractivity (Wildman–Crippen MR) is 94.7 cm³/mol. The fourth-order valence-electron chi connectivity index (χ4n) is 1.88. The van der Waals surface area contributed by atoms with E-state index in [1.807, 2.05) is 24.3 Å². The van der Waals surface area contributed by atoms with Gasteiger partial charge in [0.1, 0.15) is 0 Å². The molecule has 1 heterocycles. The number of hydrogen-bond acceptors (Lipinski definition) is 3. The number of halogens is 1. The molecular formula is C16H21ClN4S. The molecule has 0 amide bonds. The Morgan fingerprint density at radius 2 is 2.00 bits per heavy atom. The fourth-order valence-corrected chi connectivity index (χ4v) is 2.92. The summed E-state index contributed by atoms with van der Waals surface area (Å²) in [6.07, 6.45) is 0. The standard InChI is InChI=1S/C16H21ClN4S/c1-11(2)15-21-13(10-22-15)9-20-16(18-3)19-8-12-6-4-5-7-14(12)17/h4-7,10-11H,8-9H2,1-3H3,(H2,18,19,20). The molecule has 0 saturated heterocycles. The first-order valence-corrected chi connectivity index (χ1v) is 8.48. The van der Waals surface area contributed by atoms with Crippen molar-refractivity contribution in [2.45, 2.75) is 32.9 Å². The molecule has 1 aromatic heterocycles. The van der Waals surface area contributed by atoms with Gasteiger partial charge in [-0.15, -0.1) is 11.3 Å². The summed E-state index contributed by atoms with van der Waals surface area (Å²) in [7, 11) is 1.75. The summed E-state index contributed by atoms with van der Waals surface area (Å²) in [4.78, 5) is 8.82. The molecule has 2 N–H and O–H groups in total. The molecule has 0 saturated carbocycles. The van der Waals surface area contributed by atoms with E-state index in [-0.39, 0.29) is 0 Å². The molecule has 0 aliphatic heterocycles.